The molecule has 0 amide bonds. The topological polar surface area (TPSA) is 95.3 Å². The summed E-state index contributed by atoms with van der Waals surface area (Å²) in [5.41, 5.74) is 0.0665. The number of benzene rings is 1. The second kappa shape index (κ2) is 5.75. The molecular formula is C13H16N2O4S2. The van der Waals surface area contributed by atoms with Crippen LogP contribution < -0.4 is 0 Å². The summed E-state index contributed by atoms with van der Waals surface area (Å²) in [7, 11) is -7.06. The molecule has 1 atom stereocenters. The van der Waals surface area contributed by atoms with Crippen molar-refractivity contribution in [2.24, 2.45) is 0 Å². The molecular weight excluding hydrogens is 312 g/mol. The molecule has 0 saturated carbocycles. The second-order valence-corrected chi connectivity index (χ2v) is 8.96. The van der Waals surface area contributed by atoms with Crippen LogP contribution in [0.15, 0.2) is 29.2 Å². The minimum atomic E-state index is -3.88. The van der Waals surface area contributed by atoms with Gasteiger partial charge in [0.1, 0.15) is 6.07 Å². The highest BCUT2D eigenvalue weighted by Crippen LogP contribution is 2.26. The van der Waals surface area contributed by atoms with Crippen molar-refractivity contribution in [1.82, 2.24) is 4.31 Å². The Bertz CT molecular complexity index is 779. The SMILES string of the molecule is CCN([C@H]1CCS(=O)(=O)C1)S(=O)(=O)c1ccccc1C#N. The van der Waals surface area contributed by atoms with Crippen molar-refractivity contribution in [3.05, 3.63) is 29.8 Å². The van der Waals surface area contributed by atoms with Gasteiger partial charge >= 0.3 is 0 Å². The molecule has 0 N–H and O–H groups in total. The first kappa shape index (κ1) is 15.9. The third-order valence-corrected chi connectivity index (χ3v) is 7.36. The minimum Gasteiger partial charge on any atom is -0.229 e. The number of rotatable bonds is 4. The van der Waals surface area contributed by atoms with Crippen LogP contribution in [-0.2, 0) is 19.9 Å². The molecule has 1 aliphatic heterocycles. The van der Waals surface area contributed by atoms with Crippen LogP contribution in [-0.4, -0.2) is 45.2 Å². The summed E-state index contributed by atoms with van der Waals surface area (Å²) in [6, 6.07) is 7.26. The van der Waals surface area contributed by atoms with Crippen molar-refractivity contribution in [2.75, 3.05) is 18.1 Å². The highest BCUT2D eigenvalue weighted by atomic mass is 32.2. The van der Waals surface area contributed by atoms with Gasteiger partial charge in [-0.2, -0.15) is 9.57 Å². The molecule has 0 aliphatic carbocycles. The molecule has 114 valence electrons. The summed E-state index contributed by atoms with van der Waals surface area (Å²) in [5.74, 6) is -0.154. The Morgan fingerprint density at radius 2 is 2.05 bits per heavy atom. The fourth-order valence-electron chi connectivity index (χ4n) is 2.54. The van der Waals surface area contributed by atoms with Crippen LogP contribution in [0.25, 0.3) is 0 Å². The van der Waals surface area contributed by atoms with E-state index in [1.165, 1.54) is 16.4 Å². The lowest BCUT2D eigenvalue weighted by Crippen LogP contribution is -2.41. The summed E-state index contributed by atoms with van der Waals surface area (Å²) in [4.78, 5) is -0.0707. The van der Waals surface area contributed by atoms with Gasteiger partial charge in [-0.25, -0.2) is 16.8 Å². The van der Waals surface area contributed by atoms with Crippen LogP contribution in [0.1, 0.15) is 18.9 Å². The smallest absolute Gasteiger partial charge is 0.229 e. The second-order valence-electron chi connectivity index (χ2n) is 4.87. The van der Waals surface area contributed by atoms with Crippen molar-refractivity contribution in [3.8, 4) is 6.07 Å². The van der Waals surface area contributed by atoms with E-state index < -0.39 is 25.9 Å². The average molecular weight is 328 g/mol. The van der Waals surface area contributed by atoms with Crippen molar-refractivity contribution in [1.29, 1.82) is 5.26 Å². The van der Waals surface area contributed by atoms with E-state index in [1.807, 2.05) is 6.07 Å². The standard InChI is InChI=1S/C13H16N2O4S2/c1-2-15(12-7-8-20(16,17)10-12)21(18,19)13-6-4-3-5-11(13)9-14/h3-6,12H,2,7-8,10H2,1H3/t12-/m0/s1. The van der Waals surface area contributed by atoms with Crippen LogP contribution >= 0.6 is 0 Å². The van der Waals surface area contributed by atoms with E-state index in [1.54, 1.807) is 19.1 Å². The van der Waals surface area contributed by atoms with Gasteiger partial charge in [0.2, 0.25) is 10.0 Å². The average Bonchev–Trinajstić information content (AvgIpc) is 2.79. The molecule has 6 nitrogen and oxygen atoms in total. The fraction of sp³-hybridized carbons (Fsp3) is 0.462. The molecule has 1 aromatic rings. The predicted molar refractivity (Wildman–Crippen MR) is 77.8 cm³/mol. The molecule has 21 heavy (non-hydrogen) atoms. The highest BCUT2D eigenvalue weighted by Gasteiger charge is 2.38. The Morgan fingerprint density at radius 3 is 2.57 bits per heavy atom. The van der Waals surface area contributed by atoms with Crippen molar-refractivity contribution >= 4 is 19.9 Å². The maximum Gasteiger partial charge on any atom is 0.244 e. The summed E-state index contributed by atoms with van der Waals surface area (Å²) < 4.78 is 49.8. The van der Waals surface area contributed by atoms with E-state index >= 15 is 0 Å². The fourth-order valence-corrected chi connectivity index (χ4v) is 6.17. The van der Waals surface area contributed by atoms with Crippen LogP contribution in [0.2, 0.25) is 0 Å². The van der Waals surface area contributed by atoms with Crippen molar-refractivity contribution in [3.63, 3.8) is 0 Å². The highest BCUT2D eigenvalue weighted by molar-refractivity contribution is 7.92. The van der Waals surface area contributed by atoms with Crippen LogP contribution in [0.3, 0.4) is 0 Å². The van der Waals surface area contributed by atoms with Crippen LogP contribution in [0, 0.1) is 11.3 Å². The molecule has 1 saturated heterocycles. The quantitative estimate of drug-likeness (QED) is 0.813. The Kier molecular flexibility index (Phi) is 4.37. The molecule has 0 aromatic heterocycles. The maximum atomic E-state index is 12.7. The Labute approximate surface area is 125 Å². The summed E-state index contributed by atoms with van der Waals surface area (Å²) >= 11 is 0. The normalized spacial score (nSPS) is 21.3. The number of sulfonamides is 1. The number of nitrogens with zero attached hydrogens (tertiary/aromatic N) is 2. The van der Waals surface area contributed by atoms with E-state index in [2.05, 4.69) is 0 Å². The van der Waals surface area contributed by atoms with Gasteiger partial charge in [0, 0.05) is 12.6 Å². The Morgan fingerprint density at radius 1 is 1.38 bits per heavy atom. The minimum absolute atomic E-state index is 0.00356. The van der Waals surface area contributed by atoms with Crippen LogP contribution in [0.5, 0.6) is 0 Å². The molecule has 2 rings (SSSR count). The molecule has 1 heterocycles. The molecule has 0 bridgehead atoms. The number of hydrogen-bond acceptors (Lipinski definition) is 5. The summed E-state index contributed by atoms with van der Waals surface area (Å²) in [6.07, 6.45) is 0.296. The largest absolute Gasteiger partial charge is 0.244 e. The molecule has 0 radical (unpaired) electrons. The summed E-state index contributed by atoms with van der Waals surface area (Å²) in [6.45, 7) is 1.83. The zero-order valence-corrected chi connectivity index (χ0v) is 13.2. The van der Waals surface area contributed by atoms with Crippen LogP contribution in [0.4, 0.5) is 0 Å². The zero-order valence-electron chi connectivity index (χ0n) is 11.6. The summed E-state index contributed by atoms with van der Waals surface area (Å²) in [5, 5.41) is 9.06. The van der Waals surface area contributed by atoms with Crippen molar-refractivity contribution in [2.45, 2.75) is 24.3 Å². The number of nitriles is 1. The first-order valence-corrected chi connectivity index (χ1v) is 9.79. The zero-order chi connectivity index (χ0) is 15.7. The third kappa shape index (κ3) is 3.10. The van der Waals surface area contributed by atoms with Gasteiger partial charge in [0.15, 0.2) is 9.84 Å². The van der Waals surface area contributed by atoms with E-state index in [4.69, 9.17) is 5.26 Å². The van der Waals surface area contributed by atoms with E-state index in [-0.39, 0.29) is 28.5 Å². The van der Waals surface area contributed by atoms with E-state index in [0.717, 1.165) is 0 Å². The Balaban J connectivity index is 2.44. The third-order valence-electron chi connectivity index (χ3n) is 3.52. The van der Waals surface area contributed by atoms with E-state index in [0.29, 0.717) is 6.42 Å². The number of hydrogen-bond donors (Lipinski definition) is 0. The molecule has 0 unspecified atom stereocenters. The number of sulfone groups is 1. The van der Waals surface area contributed by atoms with Gasteiger partial charge in [-0.05, 0) is 18.6 Å². The maximum absolute atomic E-state index is 12.7. The molecule has 8 heteroatoms. The van der Waals surface area contributed by atoms with Gasteiger partial charge in [0.05, 0.1) is 22.0 Å². The predicted octanol–water partition coefficient (Wildman–Crippen LogP) is 0.756. The molecule has 1 fully saturated rings. The Hall–Kier alpha value is -1.43. The molecule has 0 spiro atoms. The van der Waals surface area contributed by atoms with E-state index in [9.17, 15) is 16.8 Å². The molecule has 1 aromatic carbocycles. The van der Waals surface area contributed by atoms with Gasteiger partial charge < -0.3 is 0 Å². The van der Waals surface area contributed by atoms with Gasteiger partial charge in [-0.3, -0.25) is 0 Å². The monoisotopic (exact) mass is 328 g/mol. The first-order chi connectivity index (χ1) is 9.81. The lowest BCUT2D eigenvalue weighted by Gasteiger charge is -2.26. The van der Waals surface area contributed by atoms with Crippen molar-refractivity contribution < 1.29 is 16.8 Å². The van der Waals surface area contributed by atoms with Gasteiger partial charge in [-0.15, -0.1) is 0 Å². The lowest BCUT2D eigenvalue weighted by molar-refractivity contribution is 0.354. The lowest BCUT2D eigenvalue weighted by atomic mass is 10.2. The molecule has 1 aliphatic rings. The van der Waals surface area contributed by atoms with Gasteiger partial charge in [0.25, 0.3) is 0 Å². The first-order valence-electron chi connectivity index (χ1n) is 6.53. The van der Waals surface area contributed by atoms with Gasteiger partial charge in [-0.1, -0.05) is 19.1 Å².